The number of hydrogen-bond acceptors (Lipinski definition) is 5. The van der Waals surface area contributed by atoms with Crippen LogP contribution in [-0.2, 0) is 14.8 Å². The molecule has 0 radical (unpaired) electrons. The average molecular weight is 516 g/mol. The molecule has 0 unspecified atom stereocenters. The van der Waals surface area contributed by atoms with Crippen LogP contribution < -0.4 is 9.73 Å². The van der Waals surface area contributed by atoms with Crippen LogP contribution in [0.15, 0.2) is 82.3 Å². The van der Waals surface area contributed by atoms with E-state index in [4.69, 9.17) is 27.6 Å². The fraction of sp³-hybridized carbons (Fsp3) is 0.0833. The maximum absolute atomic E-state index is 12.5. The molecule has 0 bridgehead atoms. The highest BCUT2D eigenvalue weighted by Gasteiger charge is 2.22. The van der Waals surface area contributed by atoms with Gasteiger partial charge in [-0.05, 0) is 41.8 Å². The number of anilines is 1. The Hall–Kier alpha value is -3.33. The van der Waals surface area contributed by atoms with Gasteiger partial charge < -0.3 is 4.42 Å². The summed E-state index contributed by atoms with van der Waals surface area (Å²) in [5.41, 5.74) is 3.41. The third-order valence-electron chi connectivity index (χ3n) is 4.93. The van der Waals surface area contributed by atoms with E-state index in [0.717, 1.165) is 21.3 Å². The number of carbonyl (C=O) groups excluding carboxylic acids is 1. The van der Waals surface area contributed by atoms with Crippen LogP contribution in [0.1, 0.15) is 5.76 Å². The van der Waals surface area contributed by atoms with Gasteiger partial charge in [0.1, 0.15) is 18.1 Å². The summed E-state index contributed by atoms with van der Waals surface area (Å²) in [5.74, 6) is 0.270. The van der Waals surface area contributed by atoms with Crippen LogP contribution in [0.25, 0.3) is 22.1 Å². The molecular formula is C24H19Cl2N3O4S. The third-order valence-corrected chi connectivity index (χ3v) is 6.60. The van der Waals surface area contributed by atoms with Crippen molar-refractivity contribution in [3.8, 4) is 11.3 Å². The Balaban J connectivity index is 1.48. The van der Waals surface area contributed by atoms with Gasteiger partial charge in [-0.1, -0.05) is 59.6 Å². The summed E-state index contributed by atoms with van der Waals surface area (Å²) in [5, 5.41) is 6.41. The van der Waals surface area contributed by atoms with Gasteiger partial charge in [0.05, 0.1) is 23.2 Å². The van der Waals surface area contributed by atoms with Crippen LogP contribution in [0.3, 0.4) is 0 Å². The van der Waals surface area contributed by atoms with Gasteiger partial charge in [-0.2, -0.15) is 5.10 Å². The van der Waals surface area contributed by atoms with Gasteiger partial charge in [-0.25, -0.2) is 13.8 Å². The Morgan fingerprint density at radius 2 is 1.82 bits per heavy atom. The summed E-state index contributed by atoms with van der Waals surface area (Å²) >= 11 is 12.1. The topological polar surface area (TPSA) is 92.0 Å². The first-order valence-corrected chi connectivity index (χ1v) is 12.7. The van der Waals surface area contributed by atoms with Crippen LogP contribution in [0, 0.1) is 0 Å². The summed E-state index contributed by atoms with van der Waals surface area (Å²) in [6, 6.07) is 21.0. The highest BCUT2D eigenvalue weighted by molar-refractivity contribution is 7.92. The Bertz CT molecular complexity index is 1490. The van der Waals surface area contributed by atoms with Crippen molar-refractivity contribution in [2.45, 2.75) is 0 Å². The zero-order valence-electron chi connectivity index (χ0n) is 17.9. The zero-order valence-corrected chi connectivity index (χ0v) is 20.2. The monoisotopic (exact) mass is 515 g/mol. The van der Waals surface area contributed by atoms with Crippen LogP contribution in [0.2, 0.25) is 10.0 Å². The van der Waals surface area contributed by atoms with E-state index in [1.54, 1.807) is 48.5 Å². The normalized spacial score (nSPS) is 11.7. The van der Waals surface area contributed by atoms with E-state index >= 15 is 0 Å². The second-order valence-electron chi connectivity index (χ2n) is 7.39. The van der Waals surface area contributed by atoms with Crippen molar-refractivity contribution in [2.75, 3.05) is 17.1 Å². The number of halogens is 2. The largest absolute Gasteiger partial charge is 0.455 e. The molecular weight excluding hydrogens is 497 g/mol. The van der Waals surface area contributed by atoms with Gasteiger partial charge in [-0.3, -0.25) is 9.10 Å². The first kappa shape index (κ1) is 23.8. The second kappa shape index (κ2) is 9.89. The standard InChI is InChI=1S/C24H19Cl2N3O4S/c1-34(31,32)29(22-8-4-6-16-5-2-3-7-19(16)22)15-24(30)28-27-14-18-10-12-23(33-18)20-11-9-17(25)13-21(20)26/h2-14H,15H2,1H3,(H,28,30)/b27-14-. The second-order valence-corrected chi connectivity index (χ2v) is 10.1. The molecule has 1 amide bonds. The van der Waals surface area contributed by atoms with Gasteiger partial charge in [0.15, 0.2) is 0 Å². The highest BCUT2D eigenvalue weighted by Crippen LogP contribution is 2.31. The quantitative estimate of drug-likeness (QED) is 0.266. The molecule has 34 heavy (non-hydrogen) atoms. The fourth-order valence-electron chi connectivity index (χ4n) is 3.40. The van der Waals surface area contributed by atoms with Crippen molar-refractivity contribution in [1.29, 1.82) is 0 Å². The number of nitrogens with one attached hydrogen (secondary N) is 1. The van der Waals surface area contributed by atoms with Crippen molar-refractivity contribution >= 4 is 61.8 Å². The lowest BCUT2D eigenvalue weighted by molar-refractivity contribution is -0.119. The van der Waals surface area contributed by atoms with Crippen molar-refractivity contribution in [1.82, 2.24) is 5.43 Å². The smallest absolute Gasteiger partial charge is 0.260 e. The first-order valence-electron chi connectivity index (χ1n) is 10.0. The van der Waals surface area contributed by atoms with Crippen molar-refractivity contribution in [3.63, 3.8) is 0 Å². The van der Waals surface area contributed by atoms with Gasteiger partial charge in [0.25, 0.3) is 5.91 Å². The minimum absolute atomic E-state index is 0.371. The molecule has 4 rings (SSSR count). The number of carbonyl (C=O) groups is 1. The lowest BCUT2D eigenvalue weighted by Gasteiger charge is -2.23. The van der Waals surface area contributed by atoms with Crippen molar-refractivity contribution < 1.29 is 17.6 Å². The van der Waals surface area contributed by atoms with Crippen LogP contribution >= 0.6 is 23.2 Å². The minimum Gasteiger partial charge on any atom is -0.455 e. The zero-order chi connectivity index (χ0) is 24.3. The summed E-state index contributed by atoms with van der Waals surface area (Å²) in [7, 11) is -3.74. The summed E-state index contributed by atoms with van der Waals surface area (Å²) in [4.78, 5) is 12.5. The average Bonchev–Trinajstić information content (AvgIpc) is 3.25. The van der Waals surface area contributed by atoms with E-state index in [-0.39, 0.29) is 0 Å². The molecule has 0 spiro atoms. The molecule has 4 aromatic rings. The SMILES string of the molecule is CS(=O)(=O)N(CC(=O)N/N=C\c1ccc(-c2ccc(Cl)cc2Cl)o1)c1cccc2ccccc12. The number of hydrazone groups is 1. The van der Waals surface area contributed by atoms with E-state index in [9.17, 15) is 13.2 Å². The van der Waals surface area contributed by atoms with Crippen LogP contribution in [0.5, 0.6) is 0 Å². The van der Waals surface area contributed by atoms with Gasteiger partial charge in [0, 0.05) is 16.0 Å². The lowest BCUT2D eigenvalue weighted by Crippen LogP contribution is -2.39. The molecule has 1 heterocycles. The number of benzene rings is 3. The molecule has 1 N–H and O–H groups in total. The number of hydrogen-bond donors (Lipinski definition) is 1. The Morgan fingerprint density at radius 3 is 2.59 bits per heavy atom. The number of amides is 1. The van der Waals surface area contributed by atoms with E-state index in [0.29, 0.717) is 32.8 Å². The number of rotatable bonds is 7. The molecule has 3 aromatic carbocycles. The van der Waals surface area contributed by atoms with Crippen LogP contribution in [0.4, 0.5) is 5.69 Å². The Kier molecular flexibility index (Phi) is 6.92. The summed E-state index contributed by atoms with van der Waals surface area (Å²) < 4.78 is 31.7. The van der Waals surface area contributed by atoms with Gasteiger partial charge in [-0.15, -0.1) is 0 Å². The Morgan fingerprint density at radius 1 is 1.06 bits per heavy atom. The van der Waals surface area contributed by atoms with E-state index < -0.39 is 22.5 Å². The summed E-state index contributed by atoms with van der Waals surface area (Å²) in [6.45, 7) is -0.437. The molecule has 1 aromatic heterocycles. The molecule has 0 saturated carbocycles. The number of nitrogens with zero attached hydrogens (tertiary/aromatic N) is 2. The van der Waals surface area contributed by atoms with E-state index in [2.05, 4.69) is 10.5 Å². The maximum atomic E-state index is 12.5. The van der Waals surface area contributed by atoms with E-state index in [1.165, 1.54) is 6.21 Å². The lowest BCUT2D eigenvalue weighted by atomic mass is 10.1. The van der Waals surface area contributed by atoms with Crippen molar-refractivity contribution in [2.24, 2.45) is 5.10 Å². The molecule has 0 aliphatic rings. The molecule has 0 atom stereocenters. The van der Waals surface area contributed by atoms with Gasteiger partial charge in [0.2, 0.25) is 10.0 Å². The minimum atomic E-state index is -3.74. The van der Waals surface area contributed by atoms with Crippen molar-refractivity contribution in [3.05, 3.63) is 88.6 Å². The van der Waals surface area contributed by atoms with E-state index in [1.807, 2.05) is 24.3 Å². The highest BCUT2D eigenvalue weighted by atomic mass is 35.5. The molecule has 7 nitrogen and oxygen atoms in total. The molecule has 0 aliphatic heterocycles. The third kappa shape index (κ3) is 5.41. The molecule has 0 saturated heterocycles. The first-order chi connectivity index (χ1) is 16.2. The molecule has 0 aliphatic carbocycles. The number of furan rings is 1. The predicted molar refractivity (Wildman–Crippen MR) is 136 cm³/mol. The van der Waals surface area contributed by atoms with Crippen LogP contribution in [-0.4, -0.2) is 33.3 Å². The summed E-state index contributed by atoms with van der Waals surface area (Å²) in [6.07, 6.45) is 2.37. The Labute approximate surface area is 206 Å². The molecule has 10 heteroatoms. The maximum Gasteiger partial charge on any atom is 0.260 e. The molecule has 0 fully saturated rings. The molecule has 174 valence electrons. The number of sulfonamides is 1. The van der Waals surface area contributed by atoms with Gasteiger partial charge >= 0.3 is 0 Å². The number of fused-ring (bicyclic) bond motifs is 1. The predicted octanol–water partition coefficient (Wildman–Crippen LogP) is 5.32. The fourth-order valence-corrected chi connectivity index (χ4v) is 4.77.